The third kappa shape index (κ3) is 6.82. The maximum atomic E-state index is 13.8. The minimum Gasteiger partial charge on any atom is -0.493 e. The maximum Gasteiger partial charge on any atom is 0.308 e. The quantitative estimate of drug-likeness (QED) is 0.308. The van der Waals surface area contributed by atoms with Crippen LogP contribution in [0.2, 0.25) is 0 Å². The molecule has 0 bridgehead atoms. The fourth-order valence-electron chi connectivity index (χ4n) is 5.73. The standard InChI is InChI=1S/C32H41FO6/c1-6-37-29(34)19-25-18-24(38-32(39-25)16-8-7-9-17-32)14-15-26-27(21(2)3)20-28(35-4)31(36-5)30(26)22-10-12-23(33)13-11-22/h10-15,20-21,24-25H,6-9,16-19H2,1-5H3. The zero-order valence-corrected chi connectivity index (χ0v) is 23.8. The Morgan fingerprint density at radius 3 is 2.44 bits per heavy atom. The molecule has 2 fully saturated rings. The van der Waals surface area contributed by atoms with E-state index in [4.69, 9.17) is 23.7 Å². The van der Waals surface area contributed by atoms with Crippen molar-refractivity contribution in [1.82, 2.24) is 0 Å². The second-order valence-corrected chi connectivity index (χ2v) is 10.6. The molecule has 2 aromatic rings. The van der Waals surface area contributed by atoms with Gasteiger partial charge in [0.15, 0.2) is 17.3 Å². The van der Waals surface area contributed by atoms with Crippen LogP contribution in [0.3, 0.4) is 0 Å². The lowest BCUT2D eigenvalue weighted by atomic mass is 9.88. The van der Waals surface area contributed by atoms with Gasteiger partial charge in [0.1, 0.15) is 5.82 Å². The number of benzene rings is 2. The molecule has 1 aliphatic heterocycles. The van der Waals surface area contributed by atoms with Gasteiger partial charge in [0.2, 0.25) is 0 Å². The highest BCUT2D eigenvalue weighted by molar-refractivity contribution is 5.85. The van der Waals surface area contributed by atoms with Crippen molar-refractivity contribution in [2.75, 3.05) is 20.8 Å². The first-order valence-corrected chi connectivity index (χ1v) is 14.0. The summed E-state index contributed by atoms with van der Waals surface area (Å²) in [6.07, 6.45) is 9.21. The van der Waals surface area contributed by atoms with E-state index < -0.39 is 5.79 Å². The number of esters is 1. The van der Waals surface area contributed by atoms with Crippen LogP contribution in [0.5, 0.6) is 11.5 Å². The summed E-state index contributed by atoms with van der Waals surface area (Å²) in [4.78, 5) is 12.3. The van der Waals surface area contributed by atoms with Crippen LogP contribution in [0, 0.1) is 5.82 Å². The Hall–Kier alpha value is -2.90. The predicted molar refractivity (Wildman–Crippen MR) is 149 cm³/mol. The molecule has 2 unspecified atom stereocenters. The van der Waals surface area contributed by atoms with E-state index >= 15 is 0 Å². The Kier molecular flexibility index (Phi) is 9.67. The van der Waals surface area contributed by atoms with E-state index in [1.165, 1.54) is 12.1 Å². The Balaban J connectivity index is 1.76. The molecular weight excluding hydrogens is 499 g/mol. The lowest BCUT2D eigenvalue weighted by molar-refractivity contribution is -0.320. The molecule has 2 atom stereocenters. The molecule has 1 saturated heterocycles. The van der Waals surface area contributed by atoms with Crippen LogP contribution in [0.15, 0.2) is 36.4 Å². The SMILES string of the molecule is CCOC(=O)CC1CC(C=Cc2c(C(C)C)cc(OC)c(OC)c2-c2ccc(F)cc2)OC2(CCCCC2)O1. The van der Waals surface area contributed by atoms with Gasteiger partial charge in [-0.2, -0.15) is 0 Å². The van der Waals surface area contributed by atoms with Crippen molar-refractivity contribution in [3.8, 4) is 22.6 Å². The number of carbonyl (C=O) groups is 1. The minimum absolute atomic E-state index is 0.181. The fraction of sp³-hybridized carbons (Fsp3) is 0.531. The van der Waals surface area contributed by atoms with Gasteiger partial charge in [-0.15, -0.1) is 0 Å². The molecule has 39 heavy (non-hydrogen) atoms. The van der Waals surface area contributed by atoms with Gasteiger partial charge < -0.3 is 23.7 Å². The topological polar surface area (TPSA) is 63.2 Å². The highest BCUT2D eigenvalue weighted by Gasteiger charge is 2.43. The summed E-state index contributed by atoms with van der Waals surface area (Å²) in [7, 11) is 3.23. The average Bonchev–Trinajstić information content (AvgIpc) is 2.91. The molecule has 7 heteroatoms. The van der Waals surface area contributed by atoms with Crippen LogP contribution in [0.25, 0.3) is 17.2 Å². The summed E-state index contributed by atoms with van der Waals surface area (Å²) in [5.41, 5.74) is 3.69. The van der Waals surface area contributed by atoms with Crippen LogP contribution < -0.4 is 9.47 Å². The third-order valence-corrected chi connectivity index (χ3v) is 7.53. The molecule has 212 valence electrons. The van der Waals surface area contributed by atoms with Crippen LogP contribution in [0.4, 0.5) is 4.39 Å². The van der Waals surface area contributed by atoms with Gasteiger partial charge in [0, 0.05) is 24.8 Å². The zero-order chi connectivity index (χ0) is 28.0. The summed E-state index contributed by atoms with van der Waals surface area (Å²) >= 11 is 0. The first kappa shape index (κ1) is 29.1. The maximum absolute atomic E-state index is 13.8. The molecule has 0 aromatic heterocycles. The van der Waals surface area contributed by atoms with Gasteiger partial charge in [0.05, 0.1) is 39.5 Å². The van der Waals surface area contributed by atoms with Gasteiger partial charge in [-0.1, -0.05) is 44.6 Å². The van der Waals surface area contributed by atoms with Gasteiger partial charge in [-0.05, 0) is 60.6 Å². The monoisotopic (exact) mass is 540 g/mol. The lowest BCUT2D eigenvalue weighted by Gasteiger charge is -2.46. The Morgan fingerprint density at radius 1 is 1.10 bits per heavy atom. The normalized spacial score (nSPS) is 20.9. The van der Waals surface area contributed by atoms with Crippen LogP contribution in [0.1, 0.15) is 82.8 Å². The van der Waals surface area contributed by atoms with Crippen molar-refractivity contribution < 1.29 is 32.9 Å². The molecule has 1 spiro atoms. The Labute approximate surface area is 231 Å². The number of carbonyl (C=O) groups excluding carboxylic acids is 1. The number of hydrogen-bond acceptors (Lipinski definition) is 6. The van der Waals surface area contributed by atoms with Gasteiger partial charge in [-0.3, -0.25) is 4.79 Å². The van der Waals surface area contributed by atoms with Gasteiger partial charge >= 0.3 is 5.97 Å². The summed E-state index contributed by atoms with van der Waals surface area (Å²) in [5, 5.41) is 0. The molecule has 6 nitrogen and oxygen atoms in total. The highest BCUT2D eigenvalue weighted by atomic mass is 19.1. The molecule has 1 heterocycles. The van der Waals surface area contributed by atoms with Crippen molar-refractivity contribution in [3.05, 3.63) is 53.4 Å². The average molecular weight is 541 g/mol. The van der Waals surface area contributed by atoms with E-state index in [-0.39, 0.29) is 36.3 Å². The zero-order valence-electron chi connectivity index (χ0n) is 23.8. The van der Waals surface area contributed by atoms with E-state index in [1.54, 1.807) is 26.4 Å². The van der Waals surface area contributed by atoms with Crippen molar-refractivity contribution in [2.24, 2.45) is 0 Å². The highest BCUT2D eigenvalue weighted by Crippen LogP contribution is 2.46. The molecule has 0 N–H and O–H groups in total. The number of rotatable bonds is 9. The molecule has 0 radical (unpaired) electrons. The van der Waals surface area contributed by atoms with Crippen molar-refractivity contribution in [1.29, 1.82) is 0 Å². The minimum atomic E-state index is -0.680. The lowest BCUT2D eigenvalue weighted by Crippen LogP contribution is -2.49. The number of hydrogen-bond donors (Lipinski definition) is 0. The summed E-state index contributed by atoms with van der Waals surface area (Å²) in [5.74, 6) is 0.156. The van der Waals surface area contributed by atoms with Gasteiger partial charge in [0.25, 0.3) is 0 Å². The summed E-state index contributed by atoms with van der Waals surface area (Å²) in [6.45, 7) is 6.42. The number of halogens is 1. The van der Waals surface area contributed by atoms with Crippen LogP contribution >= 0.6 is 0 Å². The first-order chi connectivity index (χ1) is 18.8. The van der Waals surface area contributed by atoms with Crippen LogP contribution in [-0.2, 0) is 19.0 Å². The first-order valence-electron chi connectivity index (χ1n) is 14.0. The van der Waals surface area contributed by atoms with E-state index in [0.717, 1.165) is 54.4 Å². The van der Waals surface area contributed by atoms with E-state index in [0.29, 0.717) is 24.5 Å². The Morgan fingerprint density at radius 2 is 1.82 bits per heavy atom. The molecule has 1 aliphatic carbocycles. The Bertz CT molecular complexity index is 1150. The molecule has 2 aromatic carbocycles. The summed E-state index contributed by atoms with van der Waals surface area (Å²) in [6, 6.07) is 8.42. The van der Waals surface area contributed by atoms with Crippen molar-refractivity contribution in [3.63, 3.8) is 0 Å². The molecular formula is C32H41FO6. The van der Waals surface area contributed by atoms with Crippen LogP contribution in [-0.4, -0.2) is 44.8 Å². The number of methoxy groups -OCH3 is 2. The van der Waals surface area contributed by atoms with Gasteiger partial charge in [-0.25, -0.2) is 4.39 Å². The predicted octanol–water partition coefficient (Wildman–Crippen LogP) is 7.43. The van der Waals surface area contributed by atoms with Crippen molar-refractivity contribution in [2.45, 2.75) is 89.6 Å². The van der Waals surface area contributed by atoms with Crippen molar-refractivity contribution >= 4 is 12.0 Å². The smallest absolute Gasteiger partial charge is 0.308 e. The second kappa shape index (κ2) is 13.0. The van der Waals surface area contributed by atoms with E-state index in [1.807, 2.05) is 13.0 Å². The third-order valence-electron chi connectivity index (χ3n) is 7.53. The largest absolute Gasteiger partial charge is 0.493 e. The number of ether oxygens (including phenoxy) is 5. The molecule has 2 aliphatic rings. The second-order valence-electron chi connectivity index (χ2n) is 10.6. The summed E-state index contributed by atoms with van der Waals surface area (Å²) < 4.78 is 43.6. The molecule has 1 saturated carbocycles. The van der Waals surface area contributed by atoms with E-state index in [2.05, 4.69) is 26.0 Å². The molecule has 0 amide bonds. The molecule has 4 rings (SSSR count). The fourth-order valence-corrected chi connectivity index (χ4v) is 5.73. The van der Waals surface area contributed by atoms with E-state index in [9.17, 15) is 9.18 Å².